The Bertz CT molecular complexity index is 796. The van der Waals surface area contributed by atoms with Gasteiger partial charge in [-0.05, 0) is 57.5 Å². The molecule has 5 nitrogen and oxygen atoms in total. The van der Waals surface area contributed by atoms with E-state index >= 15 is 0 Å². The molecule has 0 atom stereocenters. The number of para-hydroxylation sites is 1. The number of aryl methyl sites for hydroxylation is 1. The zero-order chi connectivity index (χ0) is 15.8. The first-order valence-electron chi connectivity index (χ1n) is 7.50. The number of benzene rings is 1. The van der Waals surface area contributed by atoms with Gasteiger partial charge in [-0.3, -0.25) is 4.98 Å². The first-order chi connectivity index (χ1) is 10.4. The number of aromatic nitrogens is 1. The van der Waals surface area contributed by atoms with E-state index in [-0.39, 0.29) is 4.90 Å². The van der Waals surface area contributed by atoms with Crippen molar-refractivity contribution < 1.29 is 8.42 Å². The van der Waals surface area contributed by atoms with Crippen LogP contribution in [-0.4, -0.2) is 32.0 Å². The molecule has 1 aliphatic rings. The maximum atomic E-state index is 12.8. The summed E-state index contributed by atoms with van der Waals surface area (Å²) in [7, 11) is -3.60. The van der Waals surface area contributed by atoms with E-state index in [1.807, 2.05) is 26.0 Å². The van der Waals surface area contributed by atoms with Gasteiger partial charge in [0.25, 0.3) is 0 Å². The fourth-order valence-corrected chi connectivity index (χ4v) is 4.57. The van der Waals surface area contributed by atoms with Crippen LogP contribution in [0.25, 0.3) is 10.9 Å². The van der Waals surface area contributed by atoms with E-state index in [0.29, 0.717) is 5.52 Å². The van der Waals surface area contributed by atoms with Gasteiger partial charge in [-0.2, -0.15) is 0 Å². The van der Waals surface area contributed by atoms with Crippen LogP contribution in [0.2, 0.25) is 0 Å². The lowest BCUT2D eigenvalue weighted by molar-refractivity contribution is 0.308. The molecule has 0 spiro atoms. The highest BCUT2D eigenvalue weighted by molar-refractivity contribution is 7.89. The van der Waals surface area contributed by atoms with Crippen LogP contribution >= 0.6 is 0 Å². The Morgan fingerprint density at radius 1 is 1.27 bits per heavy atom. The standard InChI is InChI=1S/C16H21N3O2S/c1-12-10-13-4-3-5-14(15(13)18-11-12)22(20,21)19-16(2)6-8-17-9-7-16/h3-5,10-11,17,19H,6-9H2,1-2H3. The van der Waals surface area contributed by atoms with Gasteiger partial charge in [-0.25, -0.2) is 13.1 Å². The largest absolute Gasteiger partial charge is 0.317 e. The Morgan fingerprint density at radius 3 is 2.73 bits per heavy atom. The summed E-state index contributed by atoms with van der Waals surface area (Å²) in [4.78, 5) is 4.59. The molecule has 0 bridgehead atoms. The third kappa shape index (κ3) is 2.99. The van der Waals surface area contributed by atoms with Crippen LogP contribution < -0.4 is 10.0 Å². The molecule has 0 unspecified atom stereocenters. The van der Waals surface area contributed by atoms with Crippen molar-refractivity contribution in [1.29, 1.82) is 0 Å². The molecule has 2 heterocycles. The second-order valence-corrected chi connectivity index (χ2v) is 7.91. The van der Waals surface area contributed by atoms with Crippen molar-refractivity contribution >= 4 is 20.9 Å². The molecule has 2 aromatic rings. The Labute approximate surface area is 131 Å². The third-order valence-electron chi connectivity index (χ3n) is 4.19. The van der Waals surface area contributed by atoms with E-state index in [1.54, 1.807) is 18.3 Å². The summed E-state index contributed by atoms with van der Waals surface area (Å²) in [6.45, 7) is 5.56. The third-order valence-corrected chi connectivity index (χ3v) is 5.86. The number of nitrogens with one attached hydrogen (secondary N) is 2. The second kappa shape index (κ2) is 5.61. The van der Waals surface area contributed by atoms with Crippen molar-refractivity contribution in [3.8, 4) is 0 Å². The molecular weight excluding hydrogens is 298 g/mol. The normalized spacial score (nSPS) is 18.5. The molecule has 2 N–H and O–H groups in total. The smallest absolute Gasteiger partial charge is 0.243 e. The fraction of sp³-hybridized carbons (Fsp3) is 0.438. The molecule has 22 heavy (non-hydrogen) atoms. The molecule has 0 amide bonds. The first-order valence-corrected chi connectivity index (χ1v) is 8.98. The summed E-state index contributed by atoms with van der Waals surface area (Å²) in [6, 6.07) is 7.23. The molecule has 6 heteroatoms. The van der Waals surface area contributed by atoms with Gasteiger partial charge in [-0.15, -0.1) is 0 Å². The predicted molar refractivity (Wildman–Crippen MR) is 87.3 cm³/mol. The Balaban J connectivity index is 2.02. The maximum absolute atomic E-state index is 12.8. The molecule has 1 saturated heterocycles. The molecule has 1 aliphatic heterocycles. The molecule has 3 rings (SSSR count). The lowest BCUT2D eigenvalue weighted by Gasteiger charge is -2.34. The Morgan fingerprint density at radius 2 is 2.00 bits per heavy atom. The predicted octanol–water partition coefficient (Wildman–Crippen LogP) is 1.96. The molecule has 118 valence electrons. The number of hydrogen-bond donors (Lipinski definition) is 2. The summed E-state index contributed by atoms with van der Waals surface area (Å²) in [5, 5.41) is 4.10. The summed E-state index contributed by atoms with van der Waals surface area (Å²) < 4.78 is 28.6. The first kappa shape index (κ1) is 15.4. The number of nitrogens with zero attached hydrogens (tertiary/aromatic N) is 1. The summed E-state index contributed by atoms with van der Waals surface area (Å²) in [6.07, 6.45) is 3.26. The molecule has 1 fully saturated rings. The average molecular weight is 319 g/mol. The van der Waals surface area contributed by atoms with E-state index in [9.17, 15) is 8.42 Å². The zero-order valence-corrected chi connectivity index (χ0v) is 13.7. The van der Waals surface area contributed by atoms with Crippen LogP contribution in [-0.2, 0) is 10.0 Å². The monoisotopic (exact) mass is 319 g/mol. The topological polar surface area (TPSA) is 71.1 Å². The van der Waals surface area contributed by atoms with Crippen LogP contribution in [0, 0.1) is 6.92 Å². The molecule has 0 aliphatic carbocycles. The lowest BCUT2D eigenvalue weighted by Crippen LogP contribution is -2.52. The van der Waals surface area contributed by atoms with E-state index in [2.05, 4.69) is 15.0 Å². The van der Waals surface area contributed by atoms with Crippen molar-refractivity contribution in [3.63, 3.8) is 0 Å². The minimum atomic E-state index is -3.60. The van der Waals surface area contributed by atoms with Gasteiger partial charge in [0.15, 0.2) is 0 Å². The highest BCUT2D eigenvalue weighted by Crippen LogP contribution is 2.25. The second-order valence-electron chi connectivity index (χ2n) is 6.26. The van der Waals surface area contributed by atoms with Gasteiger partial charge in [-0.1, -0.05) is 12.1 Å². The van der Waals surface area contributed by atoms with Crippen LogP contribution in [0.15, 0.2) is 35.4 Å². The number of piperidine rings is 1. The Kier molecular flexibility index (Phi) is 3.92. The number of sulfonamides is 1. The van der Waals surface area contributed by atoms with Crippen LogP contribution in [0.5, 0.6) is 0 Å². The SMILES string of the molecule is Cc1cnc2c(S(=O)(=O)NC3(C)CCNCC3)cccc2c1. The van der Waals surface area contributed by atoms with Crippen LogP contribution in [0.1, 0.15) is 25.3 Å². The zero-order valence-electron chi connectivity index (χ0n) is 12.9. The van der Waals surface area contributed by atoms with Crippen molar-refractivity contribution in [2.45, 2.75) is 37.1 Å². The van der Waals surface area contributed by atoms with Gasteiger partial charge >= 0.3 is 0 Å². The highest BCUT2D eigenvalue weighted by Gasteiger charge is 2.32. The highest BCUT2D eigenvalue weighted by atomic mass is 32.2. The lowest BCUT2D eigenvalue weighted by atomic mass is 9.92. The maximum Gasteiger partial charge on any atom is 0.243 e. The van der Waals surface area contributed by atoms with Crippen LogP contribution in [0.4, 0.5) is 0 Å². The Hall–Kier alpha value is -1.50. The summed E-state index contributed by atoms with van der Waals surface area (Å²) in [5.74, 6) is 0. The molecule has 0 radical (unpaired) electrons. The number of fused-ring (bicyclic) bond motifs is 1. The molecule has 1 aromatic heterocycles. The number of pyridine rings is 1. The minimum absolute atomic E-state index is 0.254. The fourth-order valence-electron chi connectivity index (χ4n) is 2.92. The van der Waals surface area contributed by atoms with Crippen molar-refractivity contribution in [3.05, 3.63) is 36.0 Å². The summed E-state index contributed by atoms with van der Waals surface area (Å²) >= 11 is 0. The van der Waals surface area contributed by atoms with Gasteiger partial charge < -0.3 is 5.32 Å². The quantitative estimate of drug-likeness (QED) is 0.907. The van der Waals surface area contributed by atoms with E-state index in [0.717, 1.165) is 36.9 Å². The van der Waals surface area contributed by atoms with E-state index in [4.69, 9.17) is 0 Å². The number of rotatable bonds is 3. The van der Waals surface area contributed by atoms with Gasteiger partial charge in [0, 0.05) is 17.1 Å². The molecule has 0 saturated carbocycles. The average Bonchev–Trinajstić information content (AvgIpc) is 2.46. The van der Waals surface area contributed by atoms with Crippen molar-refractivity contribution in [2.75, 3.05) is 13.1 Å². The van der Waals surface area contributed by atoms with Crippen molar-refractivity contribution in [2.24, 2.45) is 0 Å². The molecule has 1 aromatic carbocycles. The number of hydrogen-bond acceptors (Lipinski definition) is 4. The van der Waals surface area contributed by atoms with Gasteiger partial charge in [0.05, 0.1) is 5.52 Å². The molecular formula is C16H21N3O2S. The van der Waals surface area contributed by atoms with Gasteiger partial charge in [0.2, 0.25) is 10.0 Å². The van der Waals surface area contributed by atoms with Gasteiger partial charge in [0.1, 0.15) is 4.90 Å². The summed E-state index contributed by atoms with van der Waals surface area (Å²) in [5.41, 5.74) is 1.13. The van der Waals surface area contributed by atoms with Crippen molar-refractivity contribution in [1.82, 2.24) is 15.0 Å². The minimum Gasteiger partial charge on any atom is -0.317 e. The van der Waals surface area contributed by atoms with E-state index in [1.165, 1.54) is 0 Å². The van der Waals surface area contributed by atoms with Crippen LogP contribution in [0.3, 0.4) is 0 Å². The van der Waals surface area contributed by atoms with E-state index < -0.39 is 15.6 Å².